The van der Waals surface area contributed by atoms with Crippen molar-refractivity contribution in [3.63, 3.8) is 0 Å². The van der Waals surface area contributed by atoms with Crippen molar-refractivity contribution < 1.29 is 13.9 Å². The number of furan rings is 1. The number of hydrogen-bond donors (Lipinski definition) is 1. The highest BCUT2D eigenvalue weighted by Crippen LogP contribution is 2.29. The first-order valence-electron chi connectivity index (χ1n) is 8.92. The summed E-state index contributed by atoms with van der Waals surface area (Å²) in [6, 6.07) is 12.7. The predicted molar refractivity (Wildman–Crippen MR) is 116 cm³/mol. The largest absolute Gasteiger partial charge is 0.483 e. The van der Waals surface area contributed by atoms with Crippen molar-refractivity contribution in [3.05, 3.63) is 75.0 Å². The van der Waals surface area contributed by atoms with Gasteiger partial charge in [0.05, 0.1) is 16.3 Å². The molecule has 1 N–H and O–H groups in total. The number of carbonyl (C=O) groups is 1. The summed E-state index contributed by atoms with van der Waals surface area (Å²) in [5, 5.41) is 4.83. The third kappa shape index (κ3) is 5.19. The summed E-state index contributed by atoms with van der Waals surface area (Å²) in [5.74, 6) is 1.46. The van der Waals surface area contributed by atoms with Gasteiger partial charge in [0.25, 0.3) is 5.91 Å². The Balaban J connectivity index is 1.56. The van der Waals surface area contributed by atoms with Crippen LogP contribution in [-0.2, 0) is 4.79 Å². The number of benzene rings is 2. The van der Waals surface area contributed by atoms with Gasteiger partial charge in [0.2, 0.25) is 0 Å². The Kier molecular flexibility index (Phi) is 6.62. The zero-order valence-corrected chi connectivity index (χ0v) is 17.8. The lowest BCUT2D eigenvalue weighted by Gasteiger charge is -2.13. The van der Waals surface area contributed by atoms with E-state index in [1.807, 2.05) is 39.0 Å². The van der Waals surface area contributed by atoms with Crippen LogP contribution < -0.4 is 10.2 Å². The van der Waals surface area contributed by atoms with Crippen LogP contribution in [0.2, 0.25) is 10.0 Å². The predicted octanol–water partition coefficient (Wildman–Crippen LogP) is 5.71. The van der Waals surface area contributed by atoms with Gasteiger partial charge in [-0.25, -0.2) is 5.43 Å². The normalized spacial score (nSPS) is 11.1. The van der Waals surface area contributed by atoms with Crippen LogP contribution in [0, 0.1) is 20.8 Å². The molecule has 3 aromatic rings. The summed E-state index contributed by atoms with van der Waals surface area (Å²) in [6.07, 6.45) is 1.42. The fourth-order valence-corrected chi connectivity index (χ4v) is 3.01. The summed E-state index contributed by atoms with van der Waals surface area (Å²) < 4.78 is 11.3. The molecule has 150 valence electrons. The standard InChI is InChI=1S/C22H20Cl2N2O3/c1-13-4-5-14(2)22(15(13)3)28-12-21(27)26-25-11-17-7-9-20(29-17)16-6-8-18(23)19(24)10-16/h4-11H,12H2,1-3H3,(H,26,27). The molecule has 0 aliphatic heterocycles. The van der Waals surface area contributed by atoms with Gasteiger partial charge in [0.15, 0.2) is 6.61 Å². The van der Waals surface area contributed by atoms with Gasteiger partial charge < -0.3 is 9.15 Å². The van der Waals surface area contributed by atoms with Crippen LogP contribution in [0.15, 0.2) is 52.0 Å². The molecular formula is C22H20Cl2N2O3. The minimum atomic E-state index is -0.363. The summed E-state index contributed by atoms with van der Waals surface area (Å²) in [6.45, 7) is 5.78. The zero-order chi connectivity index (χ0) is 21.0. The third-order valence-electron chi connectivity index (χ3n) is 4.43. The van der Waals surface area contributed by atoms with Crippen molar-refractivity contribution in [2.75, 3.05) is 6.61 Å². The molecule has 1 aromatic heterocycles. The van der Waals surface area contributed by atoms with Gasteiger partial charge in [-0.2, -0.15) is 5.10 Å². The average molecular weight is 431 g/mol. The molecule has 0 aliphatic rings. The molecule has 0 bridgehead atoms. The molecule has 0 saturated heterocycles. The molecule has 3 rings (SSSR count). The summed E-state index contributed by atoms with van der Waals surface area (Å²) in [4.78, 5) is 12.0. The van der Waals surface area contributed by atoms with Crippen molar-refractivity contribution in [1.29, 1.82) is 0 Å². The maximum absolute atomic E-state index is 12.0. The average Bonchev–Trinajstić information content (AvgIpc) is 3.16. The van der Waals surface area contributed by atoms with Gasteiger partial charge in [0, 0.05) is 5.56 Å². The number of aryl methyl sites for hydroxylation is 2. The van der Waals surface area contributed by atoms with Crippen molar-refractivity contribution in [3.8, 4) is 17.1 Å². The topological polar surface area (TPSA) is 63.8 Å². The Bertz CT molecular complexity index is 1070. The van der Waals surface area contributed by atoms with E-state index in [0.717, 1.165) is 28.0 Å². The molecule has 0 saturated carbocycles. The van der Waals surface area contributed by atoms with E-state index in [-0.39, 0.29) is 12.5 Å². The van der Waals surface area contributed by atoms with Gasteiger partial charge in [-0.15, -0.1) is 0 Å². The molecule has 2 aromatic carbocycles. The Morgan fingerprint density at radius 1 is 1.07 bits per heavy atom. The van der Waals surface area contributed by atoms with Gasteiger partial charge in [-0.3, -0.25) is 4.79 Å². The van der Waals surface area contributed by atoms with Crippen molar-refractivity contribution in [2.24, 2.45) is 5.10 Å². The van der Waals surface area contributed by atoms with E-state index < -0.39 is 0 Å². The lowest BCUT2D eigenvalue weighted by atomic mass is 10.1. The van der Waals surface area contributed by atoms with Crippen molar-refractivity contribution in [1.82, 2.24) is 5.43 Å². The molecule has 1 amide bonds. The first kappa shape index (κ1) is 21.0. The van der Waals surface area contributed by atoms with E-state index in [4.69, 9.17) is 32.4 Å². The molecule has 0 atom stereocenters. The fraction of sp³-hybridized carbons (Fsp3) is 0.182. The van der Waals surface area contributed by atoms with Crippen LogP contribution in [0.25, 0.3) is 11.3 Å². The number of ether oxygens (including phenoxy) is 1. The number of halogens is 2. The molecule has 0 radical (unpaired) electrons. The minimum Gasteiger partial charge on any atom is -0.483 e. The molecule has 0 aliphatic carbocycles. The van der Waals surface area contributed by atoms with Crippen molar-refractivity contribution in [2.45, 2.75) is 20.8 Å². The van der Waals surface area contributed by atoms with Crippen LogP contribution in [0.1, 0.15) is 22.5 Å². The molecule has 1 heterocycles. The van der Waals surface area contributed by atoms with Crippen LogP contribution in [-0.4, -0.2) is 18.7 Å². The lowest BCUT2D eigenvalue weighted by molar-refractivity contribution is -0.123. The van der Waals surface area contributed by atoms with E-state index in [9.17, 15) is 4.79 Å². The fourth-order valence-electron chi connectivity index (χ4n) is 2.71. The van der Waals surface area contributed by atoms with Gasteiger partial charge in [-0.1, -0.05) is 35.3 Å². The highest BCUT2D eigenvalue weighted by Gasteiger charge is 2.09. The molecule has 7 heteroatoms. The van der Waals surface area contributed by atoms with E-state index in [1.54, 1.807) is 24.3 Å². The van der Waals surface area contributed by atoms with E-state index in [1.165, 1.54) is 6.21 Å². The maximum Gasteiger partial charge on any atom is 0.277 e. The molecule has 0 fully saturated rings. The van der Waals surface area contributed by atoms with E-state index >= 15 is 0 Å². The van der Waals surface area contributed by atoms with Gasteiger partial charge in [-0.05, 0) is 67.8 Å². The van der Waals surface area contributed by atoms with Crippen LogP contribution in [0.4, 0.5) is 0 Å². The summed E-state index contributed by atoms with van der Waals surface area (Å²) >= 11 is 12.0. The van der Waals surface area contributed by atoms with Crippen LogP contribution in [0.3, 0.4) is 0 Å². The molecule has 0 spiro atoms. The van der Waals surface area contributed by atoms with Gasteiger partial charge in [0.1, 0.15) is 17.3 Å². The highest BCUT2D eigenvalue weighted by atomic mass is 35.5. The highest BCUT2D eigenvalue weighted by molar-refractivity contribution is 6.42. The lowest BCUT2D eigenvalue weighted by Crippen LogP contribution is -2.25. The Labute approximate surface area is 179 Å². The Morgan fingerprint density at radius 3 is 2.59 bits per heavy atom. The number of carbonyl (C=O) groups excluding carboxylic acids is 1. The number of hydrazone groups is 1. The first-order chi connectivity index (χ1) is 13.8. The quantitative estimate of drug-likeness (QED) is 0.402. The van der Waals surface area contributed by atoms with E-state index in [2.05, 4.69) is 10.5 Å². The second kappa shape index (κ2) is 9.16. The SMILES string of the molecule is Cc1ccc(C)c(OCC(=O)NN=Cc2ccc(-c3ccc(Cl)c(Cl)c3)o2)c1C. The number of nitrogens with one attached hydrogen (secondary N) is 1. The minimum absolute atomic E-state index is 0.130. The maximum atomic E-state index is 12.0. The molecule has 5 nitrogen and oxygen atoms in total. The smallest absolute Gasteiger partial charge is 0.277 e. The van der Waals surface area contributed by atoms with Gasteiger partial charge >= 0.3 is 0 Å². The number of rotatable bonds is 6. The van der Waals surface area contributed by atoms with Crippen LogP contribution >= 0.6 is 23.2 Å². The number of amides is 1. The second-order valence-electron chi connectivity index (χ2n) is 6.57. The molecular weight excluding hydrogens is 411 g/mol. The Hall–Kier alpha value is -2.76. The van der Waals surface area contributed by atoms with Crippen molar-refractivity contribution >= 4 is 35.3 Å². The zero-order valence-electron chi connectivity index (χ0n) is 16.3. The molecule has 29 heavy (non-hydrogen) atoms. The second-order valence-corrected chi connectivity index (χ2v) is 7.38. The number of nitrogens with zero attached hydrogens (tertiary/aromatic N) is 1. The van der Waals surface area contributed by atoms with Crippen LogP contribution in [0.5, 0.6) is 5.75 Å². The molecule has 0 unspecified atom stereocenters. The summed E-state index contributed by atoms with van der Waals surface area (Å²) in [7, 11) is 0. The third-order valence-corrected chi connectivity index (χ3v) is 5.17. The van der Waals surface area contributed by atoms with E-state index in [0.29, 0.717) is 21.6 Å². The first-order valence-corrected chi connectivity index (χ1v) is 9.67. The Morgan fingerprint density at radius 2 is 1.83 bits per heavy atom. The monoisotopic (exact) mass is 430 g/mol. The summed E-state index contributed by atoms with van der Waals surface area (Å²) in [5.41, 5.74) is 6.33. The number of hydrogen-bond acceptors (Lipinski definition) is 4.